The maximum Gasteiger partial charge on any atom is 0.298 e. The normalized spacial score (nSPS) is 11.0. The Kier molecular flexibility index (Phi) is 7.88. The molecule has 0 spiro atoms. The Balaban J connectivity index is 1.28. The number of pyridine rings is 2. The number of carbonyl (C=O) groups is 2. The van der Waals surface area contributed by atoms with Crippen molar-refractivity contribution in [1.29, 1.82) is 0 Å². The van der Waals surface area contributed by atoms with Crippen LogP contribution in [0.25, 0.3) is 16.6 Å². The van der Waals surface area contributed by atoms with Crippen LogP contribution in [-0.4, -0.2) is 48.3 Å². The fraction of sp³-hybridized carbons (Fsp3) is 0.206. The minimum atomic E-state index is -0.674. The Bertz CT molecular complexity index is 1690. The topological polar surface area (TPSA) is 70.0 Å². The molecule has 0 saturated heterocycles. The summed E-state index contributed by atoms with van der Waals surface area (Å²) in [5, 5.41) is 2.80. The summed E-state index contributed by atoms with van der Waals surface area (Å²) in [6.45, 7) is 7.64. The number of aromatic nitrogens is 2. The molecule has 0 fully saturated rings. The summed E-state index contributed by atoms with van der Waals surface area (Å²) >= 11 is 0. The number of nitrogens with one attached hydrogen (secondary N) is 1. The van der Waals surface area contributed by atoms with Crippen LogP contribution in [-0.2, 0) is 4.79 Å². The quantitative estimate of drug-likeness (QED) is 0.173. The average Bonchev–Trinajstić information content (AvgIpc) is 3.34. The second kappa shape index (κ2) is 11.7. The number of fused-ring (bicyclic) bond motifs is 1. The molecule has 7 nitrogen and oxygen atoms in total. The fourth-order valence-electron chi connectivity index (χ4n) is 5.00. The lowest BCUT2D eigenvalue weighted by Crippen LogP contribution is -2.31. The van der Waals surface area contributed by atoms with E-state index in [1.807, 2.05) is 111 Å². The molecule has 7 heteroatoms. The van der Waals surface area contributed by atoms with E-state index in [0.717, 1.165) is 52.5 Å². The Labute approximate surface area is 241 Å². The maximum absolute atomic E-state index is 13.6. The molecule has 2 aromatic carbocycles. The molecule has 0 unspecified atom stereocenters. The summed E-state index contributed by atoms with van der Waals surface area (Å²) < 4.78 is 1.81. The van der Waals surface area contributed by atoms with E-state index in [-0.39, 0.29) is 0 Å². The van der Waals surface area contributed by atoms with Gasteiger partial charge in [-0.1, -0.05) is 36.4 Å². The Morgan fingerprint density at radius 1 is 0.805 bits per heavy atom. The van der Waals surface area contributed by atoms with E-state index >= 15 is 0 Å². The highest BCUT2D eigenvalue weighted by molar-refractivity contribution is 6.47. The standard InChI is InChI=1S/C34H35N5O2/c1-23-11-14-29-21-30(26-9-7-6-8-10-26)32(39(29)22-23)33(40)34(41)36-27-12-15-28(16-13-27)37(4)17-18-38(5)31-20-24(2)19-25(3)35-31/h6-16,19-22H,17-18H2,1-5H3,(H,36,41). The van der Waals surface area contributed by atoms with Crippen molar-refractivity contribution in [3.8, 4) is 11.1 Å². The predicted molar refractivity (Wildman–Crippen MR) is 167 cm³/mol. The van der Waals surface area contributed by atoms with Crippen molar-refractivity contribution in [2.24, 2.45) is 0 Å². The first-order valence-electron chi connectivity index (χ1n) is 13.7. The highest BCUT2D eigenvalue weighted by Crippen LogP contribution is 2.29. The van der Waals surface area contributed by atoms with E-state index in [9.17, 15) is 9.59 Å². The second-order valence-electron chi connectivity index (χ2n) is 10.6. The van der Waals surface area contributed by atoms with E-state index in [1.165, 1.54) is 5.56 Å². The van der Waals surface area contributed by atoms with E-state index < -0.39 is 11.7 Å². The van der Waals surface area contributed by atoms with Crippen LogP contribution >= 0.6 is 0 Å². The van der Waals surface area contributed by atoms with Crippen LogP contribution in [0.5, 0.6) is 0 Å². The minimum absolute atomic E-state index is 0.353. The highest BCUT2D eigenvalue weighted by atomic mass is 16.2. The molecule has 0 radical (unpaired) electrons. The summed E-state index contributed by atoms with van der Waals surface area (Å²) in [7, 11) is 4.08. The number of likely N-dealkylation sites (N-methyl/N-ethyl adjacent to an activating group) is 2. The van der Waals surface area contributed by atoms with Crippen molar-refractivity contribution in [2.45, 2.75) is 20.8 Å². The number of hydrogen-bond donors (Lipinski definition) is 1. The second-order valence-corrected chi connectivity index (χ2v) is 10.6. The van der Waals surface area contributed by atoms with Gasteiger partial charge in [-0.15, -0.1) is 0 Å². The lowest BCUT2D eigenvalue weighted by molar-refractivity contribution is -0.112. The monoisotopic (exact) mass is 545 g/mol. The third-order valence-electron chi connectivity index (χ3n) is 7.23. The molecule has 0 bridgehead atoms. The van der Waals surface area contributed by atoms with Crippen LogP contribution in [0, 0.1) is 20.8 Å². The Morgan fingerprint density at radius 2 is 1.51 bits per heavy atom. The van der Waals surface area contributed by atoms with E-state index in [4.69, 9.17) is 0 Å². The molecular formula is C34H35N5O2. The van der Waals surface area contributed by atoms with Gasteiger partial charge in [0.25, 0.3) is 11.7 Å². The number of carbonyl (C=O) groups excluding carboxylic acids is 2. The van der Waals surface area contributed by atoms with Crippen LogP contribution < -0.4 is 15.1 Å². The highest BCUT2D eigenvalue weighted by Gasteiger charge is 2.25. The summed E-state index contributed by atoms with van der Waals surface area (Å²) in [5.41, 5.74) is 7.60. The summed E-state index contributed by atoms with van der Waals surface area (Å²) in [6, 6.07) is 27.3. The summed E-state index contributed by atoms with van der Waals surface area (Å²) in [5.74, 6) is -0.300. The SMILES string of the molecule is Cc1cc(C)nc(N(C)CCN(C)c2ccc(NC(=O)C(=O)c3c(-c4ccccc4)cc4ccc(C)cn34)cc2)c1. The molecule has 0 aliphatic carbocycles. The van der Waals surface area contributed by atoms with Gasteiger partial charge in [0, 0.05) is 61.5 Å². The first-order chi connectivity index (χ1) is 19.7. The molecule has 0 saturated carbocycles. The van der Waals surface area contributed by atoms with E-state index in [0.29, 0.717) is 11.4 Å². The van der Waals surface area contributed by atoms with Crippen molar-refractivity contribution >= 4 is 34.4 Å². The zero-order chi connectivity index (χ0) is 29.1. The Morgan fingerprint density at radius 3 is 2.22 bits per heavy atom. The number of nitrogens with zero attached hydrogens (tertiary/aromatic N) is 4. The summed E-state index contributed by atoms with van der Waals surface area (Å²) in [6.07, 6.45) is 1.89. The zero-order valence-corrected chi connectivity index (χ0v) is 24.2. The van der Waals surface area contributed by atoms with Gasteiger partial charge in [-0.2, -0.15) is 0 Å². The largest absolute Gasteiger partial charge is 0.373 e. The fourth-order valence-corrected chi connectivity index (χ4v) is 5.00. The van der Waals surface area contributed by atoms with Crippen LogP contribution in [0.3, 0.4) is 0 Å². The Hall–Kier alpha value is -4.91. The first kappa shape index (κ1) is 27.6. The lowest BCUT2D eigenvalue weighted by Gasteiger charge is -2.25. The van der Waals surface area contributed by atoms with Crippen molar-refractivity contribution in [3.05, 3.63) is 114 Å². The maximum atomic E-state index is 13.6. The molecule has 0 aliphatic rings. The molecule has 41 heavy (non-hydrogen) atoms. The van der Waals surface area contributed by atoms with Crippen LogP contribution in [0.2, 0.25) is 0 Å². The zero-order valence-electron chi connectivity index (χ0n) is 24.2. The average molecular weight is 546 g/mol. The van der Waals surface area contributed by atoms with Gasteiger partial charge in [-0.05, 0) is 86.0 Å². The molecule has 5 aromatic rings. The first-order valence-corrected chi connectivity index (χ1v) is 13.7. The van der Waals surface area contributed by atoms with Crippen LogP contribution in [0.15, 0.2) is 91.1 Å². The number of aryl methyl sites for hydroxylation is 3. The molecule has 0 atom stereocenters. The smallest absolute Gasteiger partial charge is 0.298 e. The number of ketones is 1. The van der Waals surface area contributed by atoms with Gasteiger partial charge in [-0.25, -0.2) is 4.98 Å². The number of amides is 1. The van der Waals surface area contributed by atoms with Crippen LogP contribution in [0.1, 0.15) is 27.3 Å². The number of Topliss-reactive ketones (excluding diaryl/α,β-unsaturated/α-hetero) is 1. The predicted octanol–water partition coefficient (Wildman–Crippen LogP) is 6.32. The number of hydrogen-bond acceptors (Lipinski definition) is 5. The lowest BCUT2D eigenvalue weighted by atomic mass is 10.0. The van der Waals surface area contributed by atoms with Gasteiger partial charge >= 0.3 is 0 Å². The van der Waals surface area contributed by atoms with Crippen LogP contribution in [0.4, 0.5) is 17.2 Å². The number of benzene rings is 2. The number of rotatable bonds is 9. The molecule has 0 aliphatic heterocycles. The molecule has 5 rings (SSSR count). The van der Waals surface area contributed by atoms with Gasteiger partial charge in [0.05, 0.1) is 0 Å². The molecule has 208 valence electrons. The van der Waals surface area contributed by atoms with Gasteiger partial charge in [0.1, 0.15) is 11.5 Å². The van der Waals surface area contributed by atoms with Crippen molar-refractivity contribution in [1.82, 2.24) is 9.38 Å². The molecule has 3 heterocycles. The third-order valence-corrected chi connectivity index (χ3v) is 7.23. The van der Waals surface area contributed by atoms with E-state index in [1.54, 1.807) is 0 Å². The molecule has 1 amide bonds. The van der Waals surface area contributed by atoms with Crippen molar-refractivity contribution in [2.75, 3.05) is 42.3 Å². The van der Waals surface area contributed by atoms with Crippen molar-refractivity contribution in [3.63, 3.8) is 0 Å². The van der Waals surface area contributed by atoms with Crippen molar-refractivity contribution < 1.29 is 9.59 Å². The van der Waals surface area contributed by atoms with Gasteiger partial charge in [0.2, 0.25) is 0 Å². The minimum Gasteiger partial charge on any atom is -0.373 e. The van der Waals surface area contributed by atoms with E-state index in [2.05, 4.69) is 39.2 Å². The molecule has 1 N–H and O–H groups in total. The van der Waals surface area contributed by atoms with Gasteiger partial charge < -0.3 is 19.5 Å². The van der Waals surface area contributed by atoms with Gasteiger partial charge in [0.15, 0.2) is 0 Å². The number of anilines is 3. The molecule has 3 aromatic heterocycles. The molecular weight excluding hydrogens is 510 g/mol. The summed E-state index contributed by atoms with van der Waals surface area (Å²) in [4.78, 5) is 35.7. The third kappa shape index (κ3) is 6.14. The van der Waals surface area contributed by atoms with Gasteiger partial charge in [-0.3, -0.25) is 9.59 Å².